The highest BCUT2D eigenvalue weighted by Gasteiger charge is 2.27. The smallest absolute Gasteiger partial charge is 0.409 e. The third-order valence-corrected chi connectivity index (χ3v) is 5.41. The second kappa shape index (κ2) is 9.30. The van der Waals surface area contributed by atoms with E-state index in [1.54, 1.807) is 4.90 Å². The minimum Gasteiger partial charge on any atom is -0.449 e. The molecule has 0 atom stereocenters. The van der Waals surface area contributed by atoms with Crippen molar-refractivity contribution in [1.82, 2.24) is 9.80 Å². The van der Waals surface area contributed by atoms with Gasteiger partial charge in [-0.15, -0.1) is 0 Å². The largest absolute Gasteiger partial charge is 0.449 e. The number of anilines is 1. The first kappa shape index (κ1) is 20.5. The number of hydrogen-bond acceptors (Lipinski definition) is 4. The number of aryl methyl sites for hydroxylation is 1. The van der Waals surface area contributed by atoms with E-state index < -0.39 is 0 Å². The number of amides is 2. The number of nitrogens with zero attached hydrogens (tertiary/aromatic N) is 3. The summed E-state index contributed by atoms with van der Waals surface area (Å²) in [5.74, 6) is 0.391. The van der Waals surface area contributed by atoms with Crippen molar-refractivity contribution in [1.29, 1.82) is 0 Å². The van der Waals surface area contributed by atoms with Crippen molar-refractivity contribution in [3.05, 3.63) is 29.3 Å². The van der Waals surface area contributed by atoms with Gasteiger partial charge in [0.25, 0.3) is 5.91 Å². The van der Waals surface area contributed by atoms with Crippen molar-refractivity contribution in [2.45, 2.75) is 40.0 Å². The molecule has 28 heavy (non-hydrogen) atoms. The minimum absolute atomic E-state index is 0.0722. The molecule has 2 heterocycles. The summed E-state index contributed by atoms with van der Waals surface area (Å²) >= 11 is 0. The molecule has 6 nitrogen and oxygen atoms in total. The summed E-state index contributed by atoms with van der Waals surface area (Å²) in [6.45, 7) is 10.9. The Hall–Kier alpha value is -2.24. The molecule has 0 unspecified atom stereocenters. The molecule has 3 rings (SSSR count). The zero-order valence-electron chi connectivity index (χ0n) is 17.4. The van der Waals surface area contributed by atoms with E-state index >= 15 is 0 Å². The predicted molar refractivity (Wildman–Crippen MR) is 111 cm³/mol. The quantitative estimate of drug-likeness (QED) is 0.793. The Balaban J connectivity index is 1.68. The lowest BCUT2D eigenvalue weighted by Crippen LogP contribution is -2.38. The first-order valence-electron chi connectivity index (χ1n) is 10.5. The number of rotatable bonds is 4. The maximum atomic E-state index is 13.3. The van der Waals surface area contributed by atoms with E-state index in [2.05, 4.69) is 17.0 Å². The summed E-state index contributed by atoms with van der Waals surface area (Å²) in [6.07, 6.45) is 2.86. The predicted octanol–water partition coefficient (Wildman–Crippen LogP) is 3.54. The van der Waals surface area contributed by atoms with Crippen LogP contribution in [0.15, 0.2) is 18.2 Å². The molecule has 154 valence electrons. The average Bonchev–Trinajstić information content (AvgIpc) is 3.09. The van der Waals surface area contributed by atoms with Crippen molar-refractivity contribution in [3.8, 4) is 0 Å². The van der Waals surface area contributed by atoms with Crippen LogP contribution in [0.3, 0.4) is 0 Å². The van der Waals surface area contributed by atoms with Crippen LogP contribution >= 0.6 is 0 Å². The van der Waals surface area contributed by atoms with Crippen molar-refractivity contribution >= 4 is 17.7 Å². The van der Waals surface area contributed by atoms with Crippen LogP contribution in [0, 0.1) is 12.8 Å². The van der Waals surface area contributed by atoms with Crippen molar-refractivity contribution in [2.24, 2.45) is 5.92 Å². The molecule has 0 N–H and O–H groups in total. The van der Waals surface area contributed by atoms with Crippen LogP contribution < -0.4 is 4.90 Å². The molecule has 2 saturated heterocycles. The molecular formula is C22H33N3O3. The topological polar surface area (TPSA) is 53.1 Å². The van der Waals surface area contributed by atoms with Crippen LogP contribution in [0.4, 0.5) is 10.5 Å². The van der Waals surface area contributed by atoms with Gasteiger partial charge in [0.05, 0.1) is 12.2 Å². The molecule has 2 fully saturated rings. The van der Waals surface area contributed by atoms with Gasteiger partial charge >= 0.3 is 6.09 Å². The van der Waals surface area contributed by atoms with Gasteiger partial charge in [0.15, 0.2) is 0 Å². The Bertz CT molecular complexity index is 698. The van der Waals surface area contributed by atoms with E-state index in [-0.39, 0.29) is 12.0 Å². The zero-order chi connectivity index (χ0) is 20.1. The molecule has 6 heteroatoms. The molecule has 2 aliphatic rings. The first-order valence-corrected chi connectivity index (χ1v) is 10.5. The summed E-state index contributed by atoms with van der Waals surface area (Å²) in [7, 11) is 0. The second-order valence-electron chi connectivity index (χ2n) is 8.32. The normalized spacial score (nSPS) is 17.8. The number of carbonyl (C=O) groups excluding carboxylic acids is 2. The second-order valence-corrected chi connectivity index (χ2v) is 8.32. The Morgan fingerprint density at radius 2 is 1.64 bits per heavy atom. The van der Waals surface area contributed by atoms with Gasteiger partial charge in [0, 0.05) is 45.0 Å². The lowest BCUT2D eigenvalue weighted by molar-refractivity contribution is 0.0747. The molecule has 0 saturated carbocycles. The van der Waals surface area contributed by atoms with E-state index in [9.17, 15) is 9.59 Å². The maximum Gasteiger partial charge on any atom is 0.409 e. The SMILES string of the molecule is Cc1ccc(N2CCCC2)c(C(=O)N2CCCN(C(=O)OCC(C)C)CC2)c1. The van der Waals surface area contributed by atoms with Gasteiger partial charge in [-0.1, -0.05) is 25.5 Å². The number of ether oxygens (including phenoxy) is 1. The highest BCUT2D eigenvalue weighted by Crippen LogP contribution is 2.27. The van der Waals surface area contributed by atoms with Crippen LogP contribution in [-0.2, 0) is 4.74 Å². The molecule has 0 spiro atoms. The standard InChI is InChI=1S/C22H33N3O3/c1-17(2)16-28-22(27)25-12-6-11-24(13-14-25)21(26)19-15-18(3)7-8-20(19)23-9-4-5-10-23/h7-8,15,17H,4-6,9-14,16H2,1-3H3. The van der Waals surface area contributed by atoms with Crippen LogP contribution in [0.5, 0.6) is 0 Å². The molecule has 2 aliphatic heterocycles. The number of hydrogen-bond donors (Lipinski definition) is 0. The monoisotopic (exact) mass is 387 g/mol. The molecule has 2 amide bonds. The van der Waals surface area contributed by atoms with Crippen molar-refractivity contribution in [3.63, 3.8) is 0 Å². The van der Waals surface area contributed by atoms with Gasteiger partial charge in [-0.2, -0.15) is 0 Å². The molecular weight excluding hydrogens is 354 g/mol. The van der Waals surface area contributed by atoms with Crippen LogP contribution in [0.1, 0.15) is 49.0 Å². The van der Waals surface area contributed by atoms with Gasteiger partial charge in [0.2, 0.25) is 0 Å². The Kier molecular flexibility index (Phi) is 6.81. The summed E-state index contributed by atoms with van der Waals surface area (Å²) in [4.78, 5) is 31.5. The van der Waals surface area contributed by atoms with E-state index in [1.165, 1.54) is 12.8 Å². The summed E-state index contributed by atoms with van der Waals surface area (Å²) in [6, 6.07) is 6.18. The lowest BCUT2D eigenvalue weighted by Gasteiger charge is -2.26. The van der Waals surface area contributed by atoms with Crippen LogP contribution in [-0.4, -0.2) is 67.7 Å². The fraction of sp³-hybridized carbons (Fsp3) is 0.636. The van der Waals surface area contributed by atoms with Gasteiger partial charge < -0.3 is 19.4 Å². The highest BCUT2D eigenvalue weighted by atomic mass is 16.6. The van der Waals surface area contributed by atoms with Gasteiger partial charge in [-0.3, -0.25) is 4.79 Å². The van der Waals surface area contributed by atoms with Crippen LogP contribution in [0.25, 0.3) is 0 Å². The third kappa shape index (κ3) is 4.97. The summed E-state index contributed by atoms with van der Waals surface area (Å²) in [5.41, 5.74) is 2.93. The Labute approximate surface area is 168 Å². The van der Waals surface area contributed by atoms with E-state index in [0.717, 1.165) is 36.3 Å². The van der Waals surface area contributed by atoms with E-state index in [4.69, 9.17) is 4.74 Å². The highest BCUT2D eigenvalue weighted by molar-refractivity contribution is 6.00. The lowest BCUT2D eigenvalue weighted by atomic mass is 10.1. The Morgan fingerprint density at radius 3 is 2.36 bits per heavy atom. The van der Waals surface area contributed by atoms with Crippen molar-refractivity contribution in [2.75, 3.05) is 50.8 Å². The minimum atomic E-state index is -0.267. The van der Waals surface area contributed by atoms with E-state index in [0.29, 0.717) is 38.7 Å². The zero-order valence-corrected chi connectivity index (χ0v) is 17.4. The van der Waals surface area contributed by atoms with Crippen molar-refractivity contribution < 1.29 is 14.3 Å². The van der Waals surface area contributed by atoms with Gasteiger partial charge in [-0.25, -0.2) is 4.79 Å². The molecule has 0 aliphatic carbocycles. The molecule has 1 aromatic rings. The Morgan fingerprint density at radius 1 is 0.964 bits per heavy atom. The molecule has 0 radical (unpaired) electrons. The molecule has 0 aromatic heterocycles. The molecule has 0 bridgehead atoms. The number of carbonyl (C=O) groups is 2. The average molecular weight is 388 g/mol. The molecule has 1 aromatic carbocycles. The van der Waals surface area contributed by atoms with Crippen LogP contribution in [0.2, 0.25) is 0 Å². The first-order chi connectivity index (χ1) is 13.5. The third-order valence-electron chi connectivity index (χ3n) is 5.41. The van der Waals surface area contributed by atoms with E-state index in [1.807, 2.05) is 31.7 Å². The van der Waals surface area contributed by atoms with Gasteiger partial charge in [-0.05, 0) is 44.2 Å². The summed E-state index contributed by atoms with van der Waals surface area (Å²) < 4.78 is 5.36. The fourth-order valence-electron chi connectivity index (χ4n) is 3.86. The fourth-order valence-corrected chi connectivity index (χ4v) is 3.86. The number of benzene rings is 1. The maximum absolute atomic E-state index is 13.3. The van der Waals surface area contributed by atoms with Gasteiger partial charge in [0.1, 0.15) is 0 Å². The summed E-state index contributed by atoms with van der Waals surface area (Å²) in [5, 5.41) is 0.